The Balaban J connectivity index is 1.27. The molecule has 8 heteroatoms. The number of ether oxygens (including phenoxy) is 4. The maximum atomic E-state index is 13.2. The van der Waals surface area contributed by atoms with E-state index < -0.39 is 0 Å². The largest absolute Gasteiger partial charge is 0.497 e. The Hall–Kier alpha value is -4.20. The molecule has 0 bridgehead atoms. The van der Waals surface area contributed by atoms with E-state index in [0.29, 0.717) is 43.2 Å². The molecule has 0 atom stereocenters. The highest BCUT2D eigenvalue weighted by atomic mass is 16.7. The van der Waals surface area contributed by atoms with E-state index in [9.17, 15) is 4.79 Å². The zero-order chi connectivity index (χ0) is 23.9. The number of methoxy groups -OCH3 is 1. The molecule has 0 radical (unpaired) electrons. The van der Waals surface area contributed by atoms with E-state index in [2.05, 4.69) is 4.90 Å². The minimum Gasteiger partial charge on any atom is -0.497 e. The van der Waals surface area contributed by atoms with Crippen molar-refractivity contribution >= 4 is 17.4 Å². The third-order valence-corrected chi connectivity index (χ3v) is 6.48. The van der Waals surface area contributed by atoms with Crippen LogP contribution < -0.4 is 18.9 Å². The van der Waals surface area contributed by atoms with Gasteiger partial charge in [-0.3, -0.25) is 4.79 Å². The highest BCUT2D eigenvalue weighted by Crippen LogP contribution is 2.40. The Morgan fingerprint density at radius 3 is 2.51 bits per heavy atom. The number of nitrogens with zero attached hydrogens (tertiary/aromatic N) is 3. The Bertz CT molecular complexity index is 1340. The summed E-state index contributed by atoms with van der Waals surface area (Å²) >= 11 is 0. The van der Waals surface area contributed by atoms with Crippen molar-refractivity contribution in [2.45, 2.75) is 6.92 Å². The van der Waals surface area contributed by atoms with Crippen molar-refractivity contribution in [1.82, 2.24) is 9.80 Å². The normalized spacial score (nSPS) is 16.0. The molecule has 3 aromatic rings. The number of aryl methyl sites for hydroxylation is 1. The van der Waals surface area contributed by atoms with Gasteiger partial charge in [-0.2, -0.15) is 0 Å². The number of benzene rings is 3. The zero-order valence-electron chi connectivity index (χ0n) is 19.6. The molecule has 3 aliphatic heterocycles. The van der Waals surface area contributed by atoms with Crippen LogP contribution in [0.1, 0.15) is 21.5 Å². The summed E-state index contributed by atoms with van der Waals surface area (Å²) in [5.74, 6) is 4.27. The monoisotopic (exact) mass is 471 g/mol. The van der Waals surface area contributed by atoms with Crippen molar-refractivity contribution in [2.24, 2.45) is 4.99 Å². The van der Waals surface area contributed by atoms with E-state index >= 15 is 0 Å². The van der Waals surface area contributed by atoms with Crippen LogP contribution in [-0.2, 0) is 0 Å². The van der Waals surface area contributed by atoms with Gasteiger partial charge < -0.3 is 28.7 Å². The van der Waals surface area contributed by atoms with Crippen molar-refractivity contribution in [3.05, 3.63) is 71.3 Å². The standard InChI is InChI=1S/C27H25N3O5/c1-17-3-6-21-24(13-17)35-22-8-5-19(32-2)15-20(22)26(28-21)29-9-11-30(12-10-29)27(31)18-4-7-23-25(14-18)34-16-33-23/h3-8,13-15H,9-12,16H2,1-2H3. The molecule has 0 N–H and O–H groups in total. The number of fused-ring (bicyclic) bond motifs is 3. The van der Waals surface area contributed by atoms with Crippen LogP contribution in [0.15, 0.2) is 59.6 Å². The van der Waals surface area contributed by atoms with Gasteiger partial charge in [0.1, 0.15) is 23.0 Å². The van der Waals surface area contributed by atoms with E-state index in [-0.39, 0.29) is 12.7 Å². The molecular formula is C27H25N3O5. The first kappa shape index (κ1) is 21.3. The molecule has 0 saturated carbocycles. The van der Waals surface area contributed by atoms with E-state index in [1.807, 2.05) is 48.2 Å². The van der Waals surface area contributed by atoms with Crippen molar-refractivity contribution in [3.63, 3.8) is 0 Å². The van der Waals surface area contributed by atoms with Crippen LogP contribution in [0.3, 0.4) is 0 Å². The second-order valence-corrected chi connectivity index (χ2v) is 8.72. The summed E-state index contributed by atoms with van der Waals surface area (Å²) in [6.07, 6.45) is 0. The van der Waals surface area contributed by atoms with Crippen LogP contribution in [0, 0.1) is 6.92 Å². The van der Waals surface area contributed by atoms with Crippen LogP contribution in [0.2, 0.25) is 0 Å². The molecule has 178 valence electrons. The predicted octanol–water partition coefficient (Wildman–Crippen LogP) is 4.37. The second kappa shape index (κ2) is 8.54. The molecule has 3 aromatic carbocycles. The van der Waals surface area contributed by atoms with Gasteiger partial charge in [-0.15, -0.1) is 0 Å². The first-order valence-corrected chi connectivity index (χ1v) is 11.6. The molecule has 0 aliphatic carbocycles. The third-order valence-electron chi connectivity index (χ3n) is 6.48. The van der Waals surface area contributed by atoms with E-state index in [1.165, 1.54) is 0 Å². The molecular weight excluding hydrogens is 446 g/mol. The first-order valence-electron chi connectivity index (χ1n) is 11.6. The fourth-order valence-electron chi connectivity index (χ4n) is 4.56. The third kappa shape index (κ3) is 3.90. The van der Waals surface area contributed by atoms with E-state index in [4.69, 9.17) is 23.9 Å². The molecule has 3 aliphatic rings. The fourth-order valence-corrected chi connectivity index (χ4v) is 4.56. The second-order valence-electron chi connectivity index (χ2n) is 8.72. The summed E-state index contributed by atoms with van der Waals surface area (Å²) in [5.41, 5.74) is 3.35. The summed E-state index contributed by atoms with van der Waals surface area (Å²) in [5, 5.41) is 0. The minimum absolute atomic E-state index is 0.0167. The smallest absolute Gasteiger partial charge is 0.254 e. The zero-order valence-corrected chi connectivity index (χ0v) is 19.6. The maximum absolute atomic E-state index is 13.2. The quantitative estimate of drug-likeness (QED) is 0.553. The molecule has 1 saturated heterocycles. The highest BCUT2D eigenvalue weighted by molar-refractivity contribution is 6.04. The topological polar surface area (TPSA) is 72.8 Å². The van der Waals surface area contributed by atoms with Crippen molar-refractivity contribution in [1.29, 1.82) is 0 Å². The van der Waals surface area contributed by atoms with Gasteiger partial charge in [0.05, 0.1) is 12.7 Å². The Morgan fingerprint density at radius 2 is 1.69 bits per heavy atom. The molecule has 0 spiro atoms. The Kier molecular flexibility index (Phi) is 5.21. The average molecular weight is 472 g/mol. The number of amides is 1. The van der Waals surface area contributed by atoms with Gasteiger partial charge in [0, 0.05) is 31.7 Å². The van der Waals surface area contributed by atoms with Gasteiger partial charge in [-0.05, 0) is 61.0 Å². The Labute approximate surface area is 203 Å². The van der Waals surface area contributed by atoms with Gasteiger partial charge in [0.25, 0.3) is 5.91 Å². The molecule has 1 amide bonds. The van der Waals surface area contributed by atoms with Gasteiger partial charge in [0.15, 0.2) is 17.2 Å². The predicted molar refractivity (Wildman–Crippen MR) is 130 cm³/mol. The molecule has 8 nitrogen and oxygen atoms in total. The molecule has 0 unspecified atom stereocenters. The van der Waals surface area contributed by atoms with Gasteiger partial charge in [-0.1, -0.05) is 6.07 Å². The number of hydrogen-bond donors (Lipinski definition) is 0. The lowest BCUT2D eigenvalue weighted by Gasteiger charge is -2.36. The van der Waals surface area contributed by atoms with Crippen molar-refractivity contribution < 1.29 is 23.7 Å². The number of carbonyl (C=O) groups is 1. The number of aliphatic imine (C=N–C) groups is 1. The van der Waals surface area contributed by atoms with E-state index in [0.717, 1.165) is 39.9 Å². The summed E-state index contributed by atoms with van der Waals surface area (Å²) in [4.78, 5) is 22.3. The Morgan fingerprint density at radius 1 is 0.886 bits per heavy atom. The first-order chi connectivity index (χ1) is 17.1. The van der Waals surface area contributed by atoms with Crippen LogP contribution in [-0.4, -0.2) is 61.6 Å². The summed E-state index contributed by atoms with van der Waals surface area (Å²) in [6.45, 7) is 4.66. The fraction of sp³-hybridized carbons (Fsp3) is 0.259. The summed E-state index contributed by atoms with van der Waals surface area (Å²) < 4.78 is 22.5. The molecule has 35 heavy (non-hydrogen) atoms. The van der Waals surface area contributed by atoms with Crippen LogP contribution in [0.4, 0.5) is 5.69 Å². The number of carbonyl (C=O) groups excluding carboxylic acids is 1. The van der Waals surface area contributed by atoms with Gasteiger partial charge in [0.2, 0.25) is 6.79 Å². The van der Waals surface area contributed by atoms with E-state index in [1.54, 1.807) is 25.3 Å². The number of piperazine rings is 1. The van der Waals surface area contributed by atoms with Gasteiger partial charge in [-0.25, -0.2) is 4.99 Å². The molecule has 1 fully saturated rings. The molecule has 3 heterocycles. The lowest BCUT2D eigenvalue weighted by Crippen LogP contribution is -2.50. The average Bonchev–Trinajstić information content (AvgIpc) is 3.30. The lowest BCUT2D eigenvalue weighted by molar-refractivity contribution is 0.0691. The summed E-state index contributed by atoms with van der Waals surface area (Å²) in [6, 6.07) is 17.1. The highest BCUT2D eigenvalue weighted by Gasteiger charge is 2.29. The van der Waals surface area contributed by atoms with Crippen molar-refractivity contribution in [3.8, 4) is 28.7 Å². The van der Waals surface area contributed by atoms with Crippen molar-refractivity contribution in [2.75, 3.05) is 40.1 Å². The number of hydrogen-bond acceptors (Lipinski definition) is 7. The molecule has 0 aromatic heterocycles. The number of amidine groups is 1. The SMILES string of the molecule is COc1ccc2c(c1)C(N1CCN(C(=O)c3ccc4c(c3)OCO4)CC1)=Nc1ccc(C)cc1O2. The number of rotatable bonds is 2. The summed E-state index contributed by atoms with van der Waals surface area (Å²) in [7, 11) is 1.65. The van der Waals surface area contributed by atoms with Crippen LogP contribution in [0.25, 0.3) is 0 Å². The molecule has 6 rings (SSSR count). The lowest BCUT2D eigenvalue weighted by atomic mass is 10.1. The van der Waals surface area contributed by atoms with Crippen LogP contribution >= 0.6 is 0 Å². The minimum atomic E-state index is -0.0167. The maximum Gasteiger partial charge on any atom is 0.254 e. The van der Waals surface area contributed by atoms with Crippen LogP contribution in [0.5, 0.6) is 28.7 Å². The van der Waals surface area contributed by atoms with Gasteiger partial charge >= 0.3 is 0 Å².